The summed E-state index contributed by atoms with van der Waals surface area (Å²) in [6.07, 6.45) is 3.51. The molecule has 2 aromatic carbocycles. The van der Waals surface area contributed by atoms with Crippen LogP contribution in [0, 0.1) is 5.41 Å². The van der Waals surface area contributed by atoms with E-state index >= 15 is 0 Å². The van der Waals surface area contributed by atoms with Crippen molar-refractivity contribution in [3.63, 3.8) is 0 Å². The average Bonchev–Trinajstić information content (AvgIpc) is 2.80. The molecular formula is C26H34O8. The van der Waals surface area contributed by atoms with Crippen LogP contribution in [0.2, 0.25) is 0 Å². The molecule has 0 unspecified atom stereocenters. The van der Waals surface area contributed by atoms with E-state index in [1.54, 1.807) is 31.4 Å². The summed E-state index contributed by atoms with van der Waals surface area (Å²) in [4.78, 5) is 13.2. The quantitative estimate of drug-likeness (QED) is 0.251. The highest BCUT2D eigenvalue weighted by Crippen LogP contribution is 2.42. The van der Waals surface area contributed by atoms with Crippen LogP contribution in [0.15, 0.2) is 36.4 Å². The van der Waals surface area contributed by atoms with Crippen LogP contribution in [0.4, 0.5) is 0 Å². The predicted molar refractivity (Wildman–Crippen MR) is 129 cm³/mol. The minimum atomic E-state index is -0.420. The molecule has 0 spiro atoms. The maximum Gasteiger partial charge on any atom is 0.193 e. The summed E-state index contributed by atoms with van der Waals surface area (Å²) in [7, 11) is 4.52. The van der Waals surface area contributed by atoms with E-state index in [1.165, 1.54) is 20.3 Å². The number of rotatable bonds is 13. The molecule has 0 aromatic heterocycles. The molecule has 0 saturated carbocycles. The van der Waals surface area contributed by atoms with Crippen LogP contribution < -0.4 is 14.2 Å². The number of hydrogen-bond donors (Lipinski definition) is 1. The van der Waals surface area contributed by atoms with Gasteiger partial charge in [0.05, 0.1) is 0 Å². The third-order valence-corrected chi connectivity index (χ3v) is 4.60. The molecule has 0 heterocycles. The van der Waals surface area contributed by atoms with Crippen LogP contribution in [0.3, 0.4) is 0 Å². The Morgan fingerprint density at radius 3 is 2.00 bits per heavy atom. The fourth-order valence-corrected chi connectivity index (χ4v) is 3.15. The first-order valence-corrected chi connectivity index (χ1v) is 10.8. The minimum Gasteiger partial charge on any atom is -0.507 e. The molecule has 186 valence electrons. The SMILES string of the molecule is COCOc1ccc(/C=C/C(=O)c2c(OCOC)cc(OCOC)c(CC(C)(C)C)c2O)cc1. The number of phenols is 1. The third-order valence-electron chi connectivity index (χ3n) is 4.60. The maximum absolute atomic E-state index is 13.2. The van der Waals surface area contributed by atoms with E-state index in [1.807, 2.05) is 32.9 Å². The first-order valence-electron chi connectivity index (χ1n) is 10.8. The zero-order valence-corrected chi connectivity index (χ0v) is 20.7. The second-order valence-corrected chi connectivity index (χ2v) is 8.73. The molecule has 8 heteroatoms. The molecule has 1 N–H and O–H groups in total. The van der Waals surface area contributed by atoms with Gasteiger partial charge in [-0.1, -0.05) is 39.0 Å². The van der Waals surface area contributed by atoms with E-state index in [4.69, 9.17) is 28.4 Å². The highest BCUT2D eigenvalue weighted by molar-refractivity contribution is 6.11. The van der Waals surface area contributed by atoms with E-state index in [-0.39, 0.29) is 42.9 Å². The molecule has 0 radical (unpaired) electrons. The van der Waals surface area contributed by atoms with Crippen molar-refractivity contribution in [2.24, 2.45) is 5.41 Å². The standard InChI is InChI=1S/C26H34O8/c1-26(2,3)14-20-22(33-16-30-5)13-23(34-17-31-6)24(25(20)28)21(27)12-9-18-7-10-19(11-8-18)32-15-29-4/h7-13,28H,14-17H2,1-6H3/b12-9+. The van der Waals surface area contributed by atoms with Crippen molar-refractivity contribution in [3.05, 3.63) is 53.1 Å². The van der Waals surface area contributed by atoms with Crippen LogP contribution in [0.5, 0.6) is 23.0 Å². The molecule has 0 amide bonds. The fourth-order valence-electron chi connectivity index (χ4n) is 3.15. The van der Waals surface area contributed by atoms with Gasteiger partial charge in [0.1, 0.15) is 28.6 Å². The molecular weight excluding hydrogens is 440 g/mol. The maximum atomic E-state index is 13.2. The van der Waals surface area contributed by atoms with E-state index in [0.717, 1.165) is 5.56 Å². The lowest BCUT2D eigenvalue weighted by atomic mass is 9.86. The molecule has 0 aliphatic rings. The molecule has 0 atom stereocenters. The number of carbonyl (C=O) groups excluding carboxylic acids is 1. The smallest absolute Gasteiger partial charge is 0.193 e. The summed E-state index contributed by atoms with van der Waals surface area (Å²) in [6, 6.07) is 8.75. The summed E-state index contributed by atoms with van der Waals surface area (Å²) in [6.45, 7) is 6.13. The van der Waals surface area contributed by atoms with Crippen molar-refractivity contribution in [3.8, 4) is 23.0 Å². The Bertz CT molecular complexity index is 958. The largest absolute Gasteiger partial charge is 0.507 e. The van der Waals surface area contributed by atoms with E-state index in [2.05, 4.69) is 0 Å². The molecule has 0 bridgehead atoms. The number of hydrogen-bond acceptors (Lipinski definition) is 8. The first-order chi connectivity index (χ1) is 16.2. The summed E-state index contributed by atoms with van der Waals surface area (Å²) in [5.74, 6) is 0.578. The molecule has 2 rings (SSSR count). The number of aromatic hydroxyl groups is 1. The third kappa shape index (κ3) is 8.06. The number of benzene rings is 2. The van der Waals surface area contributed by atoms with Crippen molar-refractivity contribution in [2.75, 3.05) is 41.7 Å². The van der Waals surface area contributed by atoms with E-state index in [0.29, 0.717) is 23.5 Å². The van der Waals surface area contributed by atoms with Gasteiger partial charge in [-0.3, -0.25) is 4.79 Å². The average molecular weight is 475 g/mol. The molecule has 0 aliphatic heterocycles. The van der Waals surface area contributed by atoms with Crippen LogP contribution in [0.25, 0.3) is 6.08 Å². The number of ether oxygens (including phenoxy) is 6. The minimum absolute atomic E-state index is 0.0163. The monoisotopic (exact) mass is 474 g/mol. The molecule has 2 aromatic rings. The Morgan fingerprint density at radius 2 is 1.44 bits per heavy atom. The molecule has 0 fully saturated rings. The van der Waals surface area contributed by atoms with E-state index < -0.39 is 5.78 Å². The Labute approximate surface area is 201 Å². The fraction of sp³-hybridized carbons (Fsp3) is 0.423. The van der Waals surface area contributed by atoms with Gasteiger partial charge in [-0.05, 0) is 35.6 Å². The van der Waals surface area contributed by atoms with Gasteiger partial charge in [-0.2, -0.15) is 0 Å². The summed E-state index contributed by atoms with van der Waals surface area (Å²) in [5.41, 5.74) is 1.15. The first kappa shape index (κ1) is 27.2. The predicted octanol–water partition coefficient (Wildman–Crippen LogP) is 4.83. The van der Waals surface area contributed by atoms with Crippen molar-refractivity contribution in [2.45, 2.75) is 27.2 Å². The molecule has 0 aliphatic carbocycles. The van der Waals surface area contributed by atoms with E-state index in [9.17, 15) is 9.90 Å². The van der Waals surface area contributed by atoms with Gasteiger partial charge in [-0.15, -0.1) is 0 Å². The van der Waals surface area contributed by atoms with Crippen molar-refractivity contribution < 1.29 is 38.3 Å². The Kier molecular flexibility index (Phi) is 10.4. The summed E-state index contributed by atoms with van der Waals surface area (Å²) in [5, 5.41) is 11.2. The second kappa shape index (κ2) is 13.0. The van der Waals surface area contributed by atoms with Gasteiger partial charge < -0.3 is 33.5 Å². The Morgan fingerprint density at radius 1 is 0.882 bits per heavy atom. The van der Waals surface area contributed by atoms with Gasteiger partial charge in [0.2, 0.25) is 0 Å². The topological polar surface area (TPSA) is 92.7 Å². The molecule has 8 nitrogen and oxygen atoms in total. The lowest BCUT2D eigenvalue weighted by Gasteiger charge is -2.23. The lowest BCUT2D eigenvalue weighted by molar-refractivity contribution is 0.0446. The van der Waals surface area contributed by atoms with Gasteiger partial charge in [0.25, 0.3) is 0 Å². The zero-order valence-electron chi connectivity index (χ0n) is 20.7. The lowest BCUT2D eigenvalue weighted by Crippen LogP contribution is -2.14. The van der Waals surface area contributed by atoms with Crippen LogP contribution in [0.1, 0.15) is 42.3 Å². The molecule has 0 saturated heterocycles. The van der Waals surface area contributed by atoms with Crippen LogP contribution >= 0.6 is 0 Å². The number of carbonyl (C=O) groups is 1. The number of allylic oxidation sites excluding steroid dienone is 1. The summed E-state index contributed by atoms with van der Waals surface area (Å²) >= 11 is 0. The van der Waals surface area contributed by atoms with Gasteiger partial charge >= 0.3 is 0 Å². The number of ketones is 1. The summed E-state index contributed by atoms with van der Waals surface area (Å²) < 4.78 is 31.6. The van der Waals surface area contributed by atoms with Crippen molar-refractivity contribution >= 4 is 11.9 Å². The Balaban J connectivity index is 2.44. The number of methoxy groups -OCH3 is 3. The van der Waals surface area contributed by atoms with Crippen LogP contribution in [-0.2, 0) is 20.6 Å². The zero-order chi connectivity index (χ0) is 25.1. The van der Waals surface area contributed by atoms with Crippen molar-refractivity contribution in [1.82, 2.24) is 0 Å². The highest BCUT2D eigenvalue weighted by Gasteiger charge is 2.26. The highest BCUT2D eigenvalue weighted by atomic mass is 16.7. The van der Waals surface area contributed by atoms with Crippen molar-refractivity contribution in [1.29, 1.82) is 0 Å². The van der Waals surface area contributed by atoms with Gasteiger partial charge in [-0.25, -0.2) is 0 Å². The van der Waals surface area contributed by atoms with Gasteiger partial charge in [0.15, 0.2) is 26.2 Å². The van der Waals surface area contributed by atoms with Gasteiger partial charge in [0, 0.05) is 33.0 Å². The van der Waals surface area contributed by atoms with Crippen LogP contribution in [-0.4, -0.2) is 52.6 Å². The normalized spacial score (nSPS) is 11.6. The number of phenolic OH excluding ortho intramolecular Hbond substituents is 1. The Hall–Kier alpha value is -3.07. The molecule has 34 heavy (non-hydrogen) atoms. The second-order valence-electron chi connectivity index (χ2n) is 8.73.